The van der Waals surface area contributed by atoms with Gasteiger partial charge in [-0.3, -0.25) is 9.59 Å². The highest BCUT2D eigenvalue weighted by Crippen LogP contribution is 2.47. The van der Waals surface area contributed by atoms with E-state index in [9.17, 15) is 9.59 Å². The van der Waals surface area contributed by atoms with E-state index in [4.69, 9.17) is 0 Å². The average molecular weight is 408 g/mol. The maximum absolute atomic E-state index is 13.0. The monoisotopic (exact) mass is 407 g/mol. The summed E-state index contributed by atoms with van der Waals surface area (Å²) in [5.74, 6) is 1.29. The lowest BCUT2D eigenvalue weighted by Gasteiger charge is -2.47. The fourth-order valence-electron chi connectivity index (χ4n) is 5.17. The number of aromatic nitrogens is 2. The van der Waals surface area contributed by atoms with Crippen LogP contribution in [0.5, 0.6) is 0 Å². The van der Waals surface area contributed by atoms with Crippen LogP contribution >= 0.6 is 0 Å². The summed E-state index contributed by atoms with van der Waals surface area (Å²) < 4.78 is 2.13. The molecular weight excluding hydrogens is 378 g/mol. The lowest BCUT2D eigenvalue weighted by Crippen LogP contribution is -2.56. The minimum absolute atomic E-state index is 0.0112. The molecule has 158 valence electrons. The van der Waals surface area contributed by atoms with E-state index >= 15 is 0 Å². The van der Waals surface area contributed by atoms with Gasteiger partial charge in [-0.1, -0.05) is 6.42 Å². The molecule has 5 rings (SSSR count). The van der Waals surface area contributed by atoms with Crippen molar-refractivity contribution in [2.24, 2.45) is 5.92 Å². The predicted molar refractivity (Wildman–Crippen MR) is 114 cm³/mol. The van der Waals surface area contributed by atoms with E-state index in [2.05, 4.69) is 25.8 Å². The van der Waals surface area contributed by atoms with Crippen LogP contribution in [0.2, 0.25) is 0 Å². The number of likely N-dealkylation sites (tertiary alicyclic amines) is 1. The lowest BCUT2D eigenvalue weighted by molar-refractivity contribution is -0.137. The van der Waals surface area contributed by atoms with Crippen molar-refractivity contribution in [3.8, 4) is 5.82 Å². The maximum Gasteiger partial charge on any atom is 0.239 e. The highest BCUT2D eigenvalue weighted by atomic mass is 16.2. The summed E-state index contributed by atoms with van der Waals surface area (Å²) in [6.07, 6.45) is 7.79. The highest BCUT2D eigenvalue weighted by molar-refractivity contribution is 5.84. The molecule has 0 unspecified atom stereocenters. The minimum atomic E-state index is -0.423. The van der Waals surface area contributed by atoms with Crippen molar-refractivity contribution in [1.29, 1.82) is 0 Å². The smallest absolute Gasteiger partial charge is 0.239 e. The third-order valence-electron chi connectivity index (χ3n) is 6.79. The molecule has 2 amide bonds. The first-order valence-electron chi connectivity index (χ1n) is 11.0. The Bertz CT molecular complexity index is 979. The fraction of sp³-hybridized carbons (Fsp3) is 0.522. The van der Waals surface area contributed by atoms with Crippen LogP contribution in [0.3, 0.4) is 0 Å². The fourth-order valence-corrected chi connectivity index (χ4v) is 5.17. The van der Waals surface area contributed by atoms with Crippen LogP contribution in [-0.2, 0) is 15.1 Å². The number of carbonyl (C=O) groups excluding carboxylic acids is 2. The second kappa shape index (κ2) is 7.15. The second-order valence-corrected chi connectivity index (χ2v) is 9.09. The van der Waals surface area contributed by atoms with E-state index in [0.29, 0.717) is 6.54 Å². The number of pyridine rings is 1. The summed E-state index contributed by atoms with van der Waals surface area (Å²) in [7, 11) is 0. The molecule has 2 fully saturated rings. The Morgan fingerprint density at radius 3 is 2.83 bits per heavy atom. The van der Waals surface area contributed by atoms with E-state index in [-0.39, 0.29) is 30.3 Å². The summed E-state index contributed by atoms with van der Waals surface area (Å²) in [4.78, 5) is 34.7. The topological polar surface area (TPSA) is 70.5 Å². The summed E-state index contributed by atoms with van der Waals surface area (Å²) in [6.45, 7) is 5.51. The molecule has 2 aromatic heterocycles. The number of hydrogen-bond acceptors (Lipinski definition) is 4. The SMILES string of the molecule is CC(C)NC(=O)CN1c2cccnc2-n2cccc2[C@]12CCN(C(=O)C1CCC1)C2. The predicted octanol–water partition coefficient (Wildman–Crippen LogP) is 2.44. The third kappa shape index (κ3) is 2.90. The highest BCUT2D eigenvalue weighted by Gasteiger charge is 2.52. The van der Waals surface area contributed by atoms with Gasteiger partial charge in [0.25, 0.3) is 0 Å². The number of amides is 2. The number of nitrogens with zero attached hydrogens (tertiary/aromatic N) is 4. The third-order valence-corrected chi connectivity index (χ3v) is 6.79. The van der Waals surface area contributed by atoms with Crippen molar-refractivity contribution in [3.05, 3.63) is 42.4 Å². The van der Waals surface area contributed by atoms with Gasteiger partial charge >= 0.3 is 0 Å². The lowest BCUT2D eigenvalue weighted by atomic mass is 9.84. The van der Waals surface area contributed by atoms with Gasteiger partial charge in [-0.05, 0) is 57.4 Å². The standard InChI is InChI=1S/C23H29N5O2/c1-16(2)25-20(29)14-28-18-8-4-11-24-21(18)27-12-5-9-19(27)23(28)10-13-26(15-23)22(30)17-6-3-7-17/h4-5,8-9,11-12,16-17H,3,6-7,10,13-15H2,1-2H3,(H,25,29)/t23-/m1/s1. The van der Waals surface area contributed by atoms with Gasteiger partial charge in [0.1, 0.15) is 5.54 Å². The van der Waals surface area contributed by atoms with Gasteiger partial charge in [0.2, 0.25) is 11.8 Å². The minimum Gasteiger partial charge on any atom is -0.352 e. The molecule has 7 heteroatoms. The second-order valence-electron chi connectivity index (χ2n) is 9.09. The molecule has 1 aliphatic carbocycles. The molecule has 1 saturated carbocycles. The Kier molecular flexibility index (Phi) is 4.56. The maximum atomic E-state index is 13.0. The molecule has 1 atom stereocenters. The molecule has 1 N–H and O–H groups in total. The molecule has 1 saturated heterocycles. The van der Waals surface area contributed by atoms with Gasteiger partial charge in [0, 0.05) is 37.4 Å². The molecular formula is C23H29N5O2. The van der Waals surface area contributed by atoms with Crippen molar-refractivity contribution in [1.82, 2.24) is 19.8 Å². The van der Waals surface area contributed by atoms with Crippen LogP contribution in [0.25, 0.3) is 5.82 Å². The first kappa shape index (κ1) is 19.2. The summed E-state index contributed by atoms with van der Waals surface area (Å²) in [6, 6.07) is 8.18. The van der Waals surface area contributed by atoms with Crippen LogP contribution < -0.4 is 10.2 Å². The summed E-state index contributed by atoms with van der Waals surface area (Å²) >= 11 is 0. The first-order chi connectivity index (χ1) is 14.5. The van der Waals surface area contributed by atoms with Gasteiger partial charge in [-0.15, -0.1) is 0 Å². The number of hydrogen-bond donors (Lipinski definition) is 1. The Morgan fingerprint density at radius 1 is 1.27 bits per heavy atom. The van der Waals surface area contributed by atoms with E-state index in [0.717, 1.165) is 49.4 Å². The number of rotatable bonds is 4. The molecule has 7 nitrogen and oxygen atoms in total. The summed E-state index contributed by atoms with van der Waals surface area (Å²) in [5.41, 5.74) is 1.63. The van der Waals surface area contributed by atoms with Crippen LogP contribution in [0.1, 0.15) is 45.2 Å². The number of carbonyl (C=O) groups is 2. The number of anilines is 1. The Balaban J connectivity index is 1.55. The zero-order valence-corrected chi connectivity index (χ0v) is 17.7. The van der Waals surface area contributed by atoms with Crippen molar-refractivity contribution >= 4 is 17.5 Å². The van der Waals surface area contributed by atoms with Crippen LogP contribution in [-0.4, -0.2) is 51.9 Å². The van der Waals surface area contributed by atoms with Gasteiger partial charge in [0.05, 0.1) is 17.9 Å². The summed E-state index contributed by atoms with van der Waals surface area (Å²) in [5, 5.41) is 3.03. The molecule has 1 spiro atoms. The number of nitrogens with one attached hydrogen (secondary N) is 1. The van der Waals surface area contributed by atoms with E-state index < -0.39 is 5.54 Å². The average Bonchev–Trinajstić information content (AvgIpc) is 3.32. The van der Waals surface area contributed by atoms with Crippen LogP contribution in [0, 0.1) is 5.92 Å². The van der Waals surface area contributed by atoms with Gasteiger partial charge in [-0.25, -0.2) is 4.98 Å². The van der Waals surface area contributed by atoms with Crippen molar-refractivity contribution in [2.75, 3.05) is 24.5 Å². The number of fused-ring (bicyclic) bond motifs is 4. The Labute approximate surface area is 177 Å². The largest absolute Gasteiger partial charge is 0.352 e. The zero-order chi connectivity index (χ0) is 20.9. The molecule has 0 aromatic carbocycles. The van der Waals surface area contributed by atoms with Crippen molar-refractivity contribution < 1.29 is 9.59 Å². The van der Waals surface area contributed by atoms with Crippen molar-refractivity contribution in [3.63, 3.8) is 0 Å². The molecule has 2 aromatic rings. The molecule has 4 heterocycles. The first-order valence-corrected chi connectivity index (χ1v) is 11.0. The molecule has 2 aliphatic heterocycles. The normalized spacial score (nSPS) is 22.8. The molecule has 3 aliphatic rings. The van der Waals surface area contributed by atoms with E-state index in [1.165, 1.54) is 0 Å². The molecule has 0 bridgehead atoms. The van der Waals surface area contributed by atoms with Gasteiger partial charge < -0.3 is 19.7 Å². The van der Waals surface area contributed by atoms with Crippen LogP contribution in [0.4, 0.5) is 5.69 Å². The molecule has 0 radical (unpaired) electrons. The van der Waals surface area contributed by atoms with Gasteiger partial charge in [0.15, 0.2) is 5.82 Å². The van der Waals surface area contributed by atoms with Gasteiger partial charge in [-0.2, -0.15) is 0 Å². The van der Waals surface area contributed by atoms with Crippen molar-refractivity contribution in [2.45, 2.75) is 51.1 Å². The zero-order valence-electron chi connectivity index (χ0n) is 17.7. The Hall–Kier alpha value is -2.83. The van der Waals surface area contributed by atoms with E-state index in [1.54, 1.807) is 6.20 Å². The Morgan fingerprint density at radius 2 is 2.10 bits per heavy atom. The van der Waals surface area contributed by atoms with Crippen LogP contribution in [0.15, 0.2) is 36.7 Å². The quantitative estimate of drug-likeness (QED) is 0.845. The van der Waals surface area contributed by atoms with E-state index in [1.807, 2.05) is 43.1 Å². The molecule has 30 heavy (non-hydrogen) atoms.